The highest BCUT2D eigenvalue weighted by Crippen LogP contribution is 2.28. The molecule has 1 N–H and O–H groups in total. The third-order valence-corrected chi connectivity index (χ3v) is 7.20. The number of aryl methyl sites for hydroxylation is 2. The molecule has 27 heavy (non-hydrogen) atoms. The van der Waals surface area contributed by atoms with Crippen LogP contribution in [-0.2, 0) is 21.2 Å². The van der Waals surface area contributed by atoms with E-state index < -0.39 is 10.0 Å². The summed E-state index contributed by atoms with van der Waals surface area (Å²) in [6.45, 7) is 4.34. The largest absolute Gasteiger partial charge is 0.369 e. The van der Waals surface area contributed by atoms with Gasteiger partial charge in [-0.05, 0) is 48.7 Å². The van der Waals surface area contributed by atoms with Crippen molar-refractivity contribution >= 4 is 27.3 Å². The van der Waals surface area contributed by atoms with Crippen LogP contribution in [0.1, 0.15) is 17.5 Å². The van der Waals surface area contributed by atoms with E-state index in [1.54, 1.807) is 22.5 Å². The second-order valence-electron chi connectivity index (χ2n) is 7.04. The first-order chi connectivity index (χ1) is 12.9. The third kappa shape index (κ3) is 3.44. The number of para-hydroxylation sites is 1. The summed E-state index contributed by atoms with van der Waals surface area (Å²) in [5.74, 6) is -0.0227. The number of nitrogens with zero attached hydrogens (tertiary/aromatic N) is 2. The minimum Gasteiger partial charge on any atom is -0.369 e. The van der Waals surface area contributed by atoms with Gasteiger partial charge in [0.05, 0.1) is 4.90 Å². The first-order valence-corrected chi connectivity index (χ1v) is 10.6. The maximum Gasteiger partial charge on any atom is 0.243 e. The molecular weight excluding hydrogens is 362 g/mol. The molecule has 2 aromatic carbocycles. The summed E-state index contributed by atoms with van der Waals surface area (Å²) >= 11 is 0. The van der Waals surface area contributed by atoms with E-state index >= 15 is 0 Å². The average Bonchev–Trinajstić information content (AvgIpc) is 2.68. The van der Waals surface area contributed by atoms with Gasteiger partial charge >= 0.3 is 0 Å². The van der Waals surface area contributed by atoms with Crippen LogP contribution in [0.4, 0.5) is 11.4 Å². The van der Waals surface area contributed by atoms with Crippen LogP contribution < -0.4 is 10.2 Å². The summed E-state index contributed by atoms with van der Waals surface area (Å²) < 4.78 is 27.7. The zero-order valence-electron chi connectivity index (χ0n) is 15.3. The van der Waals surface area contributed by atoms with Gasteiger partial charge in [-0.1, -0.05) is 18.2 Å². The van der Waals surface area contributed by atoms with Gasteiger partial charge in [-0.15, -0.1) is 0 Å². The Hall–Kier alpha value is -2.38. The Bertz CT molecular complexity index is 980. The molecule has 2 aliphatic heterocycles. The predicted molar refractivity (Wildman–Crippen MR) is 106 cm³/mol. The molecule has 4 rings (SSSR count). The van der Waals surface area contributed by atoms with Crippen molar-refractivity contribution in [3.05, 3.63) is 53.6 Å². The molecule has 0 aromatic heterocycles. The monoisotopic (exact) mass is 385 g/mol. The quantitative estimate of drug-likeness (QED) is 0.881. The van der Waals surface area contributed by atoms with E-state index in [0.29, 0.717) is 43.9 Å². The SMILES string of the molecule is Cc1ccccc1N1CCN(S(=O)(=O)c2ccc3c(c2)CCC(=O)N3)CC1. The second kappa shape index (κ2) is 6.98. The number of rotatable bonds is 3. The molecule has 2 aromatic rings. The van der Waals surface area contributed by atoms with E-state index in [-0.39, 0.29) is 5.91 Å². The molecule has 7 heteroatoms. The highest BCUT2D eigenvalue weighted by Gasteiger charge is 2.30. The van der Waals surface area contributed by atoms with Gasteiger partial charge in [-0.25, -0.2) is 8.42 Å². The van der Waals surface area contributed by atoms with E-state index in [9.17, 15) is 13.2 Å². The van der Waals surface area contributed by atoms with E-state index in [1.165, 1.54) is 11.3 Å². The Kier molecular flexibility index (Phi) is 4.65. The van der Waals surface area contributed by atoms with Crippen LogP contribution in [0, 0.1) is 6.92 Å². The molecule has 0 unspecified atom stereocenters. The lowest BCUT2D eigenvalue weighted by Gasteiger charge is -2.36. The van der Waals surface area contributed by atoms with Crippen molar-refractivity contribution in [3.8, 4) is 0 Å². The molecule has 0 bridgehead atoms. The number of fused-ring (bicyclic) bond motifs is 1. The van der Waals surface area contributed by atoms with Crippen molar-refractivity contribution in [2.24, 2.45) is 0 Å². The molecule has 2 heterocycles. The first kappa shape index (κ1) is 18.0. The molecule has 6 nitrogen and oxygen atoms in total. The maximum atomic E-state index is 13.1. The van der Waals surface area contributed by atoms with Gasteiger partial charge in [-0.2, -0.15) is 4.31 Å². The van der Waals surface area contributed by atoms with Gasteiger partial charge < -0.3 is 10.2 Å². The second-order valence-corrected chi connectivity index (χ2v) is 8.98. The molecule has 2 aliphatic rings. The molecule has 1 saturated heterocycles. The molecule has 142 valence electrons. The van der Waals surface area contributed by atoms with Crippen LogP contribution in [0.15, 0.2) is 47.4 Å². The van der Waals surface area contributed by atoms with Crippen molar-refractivity contribution < 1.29 is 13.2 Å². The Morgan fingerprint density at radius 1 is 0.963 bits per heavy atom. The molecule has 0 aliphatic carbocycles. The van der Waals surface area contributed by atoms with Gasteiger partial charge in [0, 0.05) is 44.0 Å². The van der Waals surface area contributed by atoms with Gasteiger partial charge in [0.25, 0.3) is 0 Å². The average molecular weight is 385 g/mol. The van der Waals surface area contributed by atoms with Gasteiger partial charge in [-0.3, -0.25) is 4.79 Å². The molecular formula is C20H23N3O3S. The summed E-state index contributed by atoms with van der Waals surface area (Å²) in [4.78, 5) is 14.0. The number of sulfonamides is 1. The standard InChI is InChI=1S/C20H23N3O3S/c1-15-4-2-3-5-19(15)22-10-12-23(13-11-22)27(25,26)17-7-8-18-16(14-17)6-9-20(24)21-18/h2-5,7-8,14H,6,9-13H2,1H3,(H,21,24). The van der Waals surface area contributed by atoms with E-state index in [2.05, 4.69) is 29.3 Å². The summed E-state index contributed by atoms with van der Waals surface area (Å²) in [7, 11) is -3.53. The van der Waals surface area contributed by atoms with Crippen LogP contribution >= 0.6 is 0 Å². The minimum absolute atomic E-state index is 0.0227. The first-order valence-electron chi connectivity index (χ1n) is 9.19. The number of nitrogens with one attached hydrogen (secondary N) is 1. The highest BCUT2D eigenvalue weighted by molar-refractivity contribution is 7.89. The number of amides is 1. The summed E-state index contributed by atoms with van der Waals surface area (Å²) in [6, 6.07) is 13.2. The van der Waals surface area contributed by atoms with Crippen LogP contribution in [-0.4, -0.2) is 44.8 Å². The lowest BCUT2D eigenvalue weighted by atomic mass is 10.0. The van der Waals surface area contributed by atoms with E-state index in [4.69, 9.17) is 0 Å². The van der Waals surface area contributed by atoms with E-state index in [0.717, 1.165) is 11.3 Å². The van der Waals surface area contributed by atoms with Crippen molar-refractivity contribution in [2.75, 3.05) is 36.4 Å². The summed E-state index contributed by atoms with van der Waals surface area (Å²) in [5, 5.41) is 2.79. The van der Waals surface area contributed by atoms with Crippen molar-refractivity contribution in [1.82, 2.24) is 4.31 Å². The minimum atomic E-state index is -3.53. The third-order valence-electron chi connectivity index (χ3n) is 5.30. The van der Waals surface area contributed by atoms with Gasteiger partial charge in [0.2, 0.25) is 15.9 Å². The maximum absolute atomic E-state index is 13.1. The smallest absolute Gasteiger partial charge is 0.243 e. The number of hydrogen-bond donors (Lipinski definition) is 1. The van der Waals surface area contributed by atoms with E-state index in [1.807, 2.05) is 12.1 Å². The van der Waals surface area contributed by atoms with Crippen LogP contribution in [0.2, 0.25) is 0 Å². The molecule has 0 radical (unpaired) electrons. The van der Waals surface area contributed by atoms with Gasteiger partial charge in [0.15, 0.2) is 0 Å². The molecule has 1 amide bonds. The van der Waals surface area contributed by atoms with Crippen molar-refractivity contribution in [3.63, 3.8) is 0 Å². The number of benzene rings is 2. The number of carbonyl (C=O) groups excluding carboxylic acids is 1. The predicted octanol–water partition coefficient (Wildman–Crippen LogP) is 2.39. The zero-order chi connectivity index (χ0) is 19.0. The summed E-state index contributed by atoms with van der Waals surface area (Å²) in [5.41, 5.74) is 3.97. The van der Waals surface area contributed by atoms with Crippen molar-refractivity contribution in [2.45, 2.75) is 24.7 Å². The molecule has 0 spiro atoms. The fraction of sp³-hybridized carbons (Fsp3) is 0.350. The number of piperazine rings is 1. The Labute approximate surface area is 159 Å². The molecule has 0 atom stereocenters. The number of anilines is 2. The van der Waals surface area contributed by atoms with Gasteiger partial charge in [0.1, 0.15) is 0 Å². The van der Waals surface area contributed by atoms with Crippen LogP contribution in [0.5, 0.6) is 0 Å². The highest BCUT2D eigenvalue weighted by atomic mass is 32.2. The lowest BCUT2D eigenvalue weighted by molar-refractivity contribution is -0.116. The normalized spacial score (nSPS) is 18.1. The number of carbonyl (C=O) groups is 1. The number of hydrogen-bond acceptors (Lipinski definition) is 4. The van der Waals surface area contributed by atoms with Crippen LogP contribution in [0.25, 0.3) is 0 Å². The lowest BCUT2D eigenvalue weighted by Crippen LogP contribution is -2.48. The molecule has 1 fully saturated rings. The fourth-order valence-electron chi connectivity index (χ4n) is 3.76. The van der Waals surface area contributed by atoms with Crippen molar-refractivity contribution in [1.29, 1.82) is 0 Å². The Morgan fingerprint density at radius 2 is 1.70 bits per heavy atom. The molecule has 0 saturated carbocycles. The topological polar surface area (TPSA) is 69.7 Å². The van der Waals surface area contributed by atoms with Crippen LogP contribution in [0.3, 0.4) is 0 Å². The zero-order valence-corrected chi connectivity index (χ0v) is 16.1. The summed E-state index contributed by atoms with van der Waals surface area (Å²) in [6.07, 6.45) is 0.969. The Balaban J connectivity index is 1.51. The fourth-order valence-corrected chi connectivity index (χ4v) is 5.23. The Morgan fingerprint density at radius 3 is 2.44 bits per heavy atom.